The average Bonchev–Trinajstić information content (AvgIpc) is 3.24. The minimum absolute atomic E-state index is 0.0373. The van der Waals surface area contributed by atoms with Crippen LogP contribution in [-0.2, 0) is 32.7 Å². The molecule has 0 aliphatic heterocycles. The SMILES string of the molecule is CCCCCCCCCCCCCCCCCCCCCCCC(=O)OC(COC(=O)CCCCCCCCCCCCCCCCCCCC)COP(=O)(O)OCC[N+](C)(C)C. The lowest BCUT2D eigenvalue weighted by Crippen LogP contribution is -2.37. The Labute approximate surface area is 391 Å². The van der Waals surface area contributed by atoms with Crippen LogP contribution in [0.3, 0.4) is 0 Å². The fourth-order valence-electron chi connectivity index (χ4n) is 8.14. The molecule has 0 amide bonds. The van der Waals surface area contributed by atoms with E-state index >= 15 is 0 Å². The van der Waals surface area contributed by atoms with Crippen molar-refractivity contribution in [3.63, 3.8) is 0 Å². The number of nitrogens with zero attached hydrogens (tertiary/aromatic N) is 1. The number of phosphoric ester groups is 1. The zero-order chi connectivity index (χ0) is 46.4. The third-order valence-electron chi connectivity index (χ3n) is 12.4. The quantitative estimate of drug-likeness (QED) is 0.0278. The zero-order valence-electron chi connectivity index (χ0n) is 42.6. The lowest BCUT2D eigenvalue weighted by atomic mass is 10.0. The lowest BCUT2D eigenvalue weighted by Gasteiger charge is -2.24. The Morgan fingerprint density at radius 3 is 1.02 bits per heavy atom. The van der Waals surface area contributed by atoms with Gasteiger partial charge in [0, 0.05) is 12.8 Å². The molecular weight excluding hydrogens is 810 g/mol. The second-order valence-corrected chi connectivity index (χ2v) is 21.4. The normalized spacial score (nSPS) is 13.3. The molecule has 0 bridgehead atoms. The highest BCUT2D eigenvalue weighted by Crippen LogP contribution is 2.43. The van der Waals surface area contributed by atoms with Crippen molar-refractivity contribution in [3.05, 3.63) is 0 Å². The monoisotopic (exact) mass is 917 g/mol. The molecule has 1 N–H and O–H groups in total. The summed E-state index contributed by atoms with van der Waals surface area (Å²) >= 11 is 0. The smallest absolute Gasteiger partial charge is 0.462 e. The number of ether oxygens (including phenoxy) is 2. The van der Waals surface area contributed by atoms with Gasteiger partial charge in [-0.1, -0.05) is 251 Å². The second kappa shape index (κ2) is 46.1. The molecule has 10 heteroatoms. The van der Waals surface area contributed by atoms with Gasteiger partial charge in [0.1, 0.15) is 19.8 Å². The summed E-state index contributed by atoms with van der Waals surface area (Å²) < 4.78 is 34.5. The molecule has 0 radical (unpaired) electrons. The number of carbonyl (C=O) groups is 2. The first-order valence-electron chi connectivity index (χ1n) is 27.3. The standard InChI is InChI=1S/C53H106NO8P/c1-6-8-10-12-14-16-18-20-22-24-26-27-28-30-32-34-36-38-40-42-44-46-53(56)62-51(50-61-63(57,58)60-48-47-54(3,4)5)49-59-52(55)45-43-41-39-37-35-33-31-29-25-23-21-19-17-15-13-11-9-7-2/h51H,6-50H2,1-5H3/p+1. The summed E-state index contributed by atoms with van der Waals surface area (Å²) in [5, 5.41) is 0. The van der Waals surface area contributed by atoms with Gasteiger partial charge in [0.15, 0.2) is 6.10 Å². The zero-order valence-corrected chi connectivity index (χ0v) is 43.5. The van der Waals surface area contributed by atoms with Crippen molar-refractivity contribution in [2.45, 2.75) is 283 Å². The summed E-state index contributed by atoms with van der Waals surface area (Å²) in [5.41, 5.74) is 0. The molecule has 2 unspecified atom stereocenters. The number of quaternary nitrogens is 1. The molecule has 2 atom stereocenters. The van der Waals surface area contributed by atoms with Gasteiger partial charge in [0.05, 0.1) is 27.7 Å². The maximum Gasteiger partial charge on any atom is 0.472 e. The molecule has 0 aromatic carbocycles. The van der Waals surface area contributed by atoms with Gasteiger partial charge in [-0.2, -0.15) is 0 Å². The van der Waals surface area contributed by atoms with Crippen molar-refractivity contribution < 1.29 is 42.1 Å². The highest BCUT2D eigenvalue weighted by Gasteiger charge is 2.27. The van der Waals surface area contributed by atoms with Crippen LogP contribution in [0.1, 0.15) is 277 Å². The van der Waals surface area contributed by atoms with Crippen LogP contribution in [0.4, 0.5) is 0 Å². The third kappa shape index (κ3) is 50.3. The minimum Gasteiger partial charge on any atom is -0.462 e. The van der Waals surface area contributed by atoms with Crippen LogP contribution in [-0.4, -0.2) is 74.9 Å². The molecule has 0 saturated heterocycles. The maximum absolute atomic E-state index is 12.8. The largest absolute Gasteiger partial charge is 0.472 e. The minimum atomic E-state index is -4.37. The van der Waals surface area contributed by atoms with E-state index in [4.69, 9.17) is 18.5 Å². The van der Waals surface area contributed by atoms with E-state index in [9.17, 15) is 19.0 Å². The number of rotatable bonds is 51. The van der Waals surface area contributed by atoms with Crippen molar-refractivity contribution in [2.75, 3.05) is 47.5 Å². The summed E-state index contributed by atoms with van der Waals surface area (Å²) in [6.45, 7) is 4.50. The molecule has 0 spiro atoms. The van der Waals surface area contributed by atoms with Gasteiger partial charge in [0.2, 0.25) is 0 Å². The number of hydrogen-bond acceptors (Lipinski definition) is 7. The molecule has 9 nitrogen and oxygen atoms in total. The van der Waals surface area contributed by atoms with Gasteiger partial charge < -0.3 is 18.9 Å². The van der Waals surface area contributed by atoms with E-state index in [1.807, 2.05) is 21.1 Å². The molecule has 0 heterocycles. The maximum atomic E-state index is 12.8. The van der Waals surface area contributed by atoms with E-state index in [-0.39, 0.29) is 25.6 Å². The van der Waals surface area contributed by atoms with Crippen LogP contribution >= 0.6 is 7.82 Å². The summed E-state index contributed by atoms with van der Waals surface area (Å²) in [6, 6.07) is 0. The molecule has 0 aliphatic rings. The van der Waals surface area contributed by atoms with Gasteiger partial charge in [-0.15, -0.1) is 0 Å². The van der Waals surface area contributed by atoms with Crippen LogP contribution in [0.5, 0.6) is 0 Å². The van der Waals surface area contributed by atoms with E-state index < -0.39 is 26.5 Å². The summed E-state index contributed by atoms with van der Waals surface area (Å²) in [7, 11) is 1.50. The van der Waals surface area contributed by atoms with Crippen LogP contribution in [0.15, 0.2) is 0 Å². The molecule has 0 fully saturated rings. The van der Waals surface area contributed by atoms with Crippen molar-refractivity contribution >= 4 is 19.8 Å². The number of phosphoric acid groups is 1. The Balaban J connectivity index is 4.16. The predicted molar refractivity (Wildman–Crippen MR) is 266 cm³/mol. The van der Waals surface area contributed by atoms with Gasteiger partial charge >= 0.3 is 19.8 Å². The molecule has 63 heavy (non-hydrogen) atoms. The average molecular weight is 917 g/mol. The Bertz CT molecular complexity index is 1040. The van der Waals surface area contributed by atoms with E-state index in [0.29, 0.717) is 17.4 Å². The number of carbonyl (C=O) groups excluding carboxylic acids is 2. The Morgan fingerprint density at radius 2 is 0.714 bits per heavy atom. The van der Waals surface area contributed by atoms with Crippen molar-refractivity contribution in [3.8, 4) is 0 Å². The first-order chi connectivity index (χ1) is 30.5. The lowest BCUT2D eigenvalue weighted by molar-refractivity contribution is -0.870. The molecule has 0 rings (SSSR count). The van der Waals surface area contributed by atoms with E-state index in [1.165, 1.54) is 212 Å². The fourth-order valence-corrected chi connectivity index (χ4v) is 8.88. The highest BCUT2D eigenvalue weighted by molar-refractivity contribution is 7.47. The molecule has 0 aromatic heterocycles. The van der Waals surface area contributed by atoms with Crippen LogP contribution in [0, 0.1) is 0 Å². The van der Waals surface area contributed by atoms with Crippen LogP contribution in [0.25, 0.3) is 0 Å². The number of hydrogen-bond donors (Lipinski definition) is 1. The van der Waals surface area contributed by atoms with Crippen molar-refractivity contribution in [2.24, 2.45) is 0 Å². The fraction of sp³-hybridized carbons (Fsp3) is 0.962. The number of unbranched alkanes of at least 4 members (excludes halogenated alkanes) is 37. The van der Waals surface area contributed by atoms with Gasteiger partial charge in [-0.05, 0) is 12.8 Å². The second-order valence-electron chi connectivity index (χ2n) is 20.0. The molecule has 376 valence electrons. The van der Waals surface area contributed by atoms with E-state index in [2.05, 4.69) is 13.8 Å². The van der Waals surface area contributed by atoms with E-state index in [0.717, 1.165) is 38.5 Å². The van der Waals surface area contributed by atoms with Crippen molar-refractivity contribution in [1.29, 1.82) is 0 Å². The Hall–Kier alpha value is -0.990. The highest BCUT2D eigenvalue weighted by atomic mass is 31.2. The molecule has 0 aromatic rings. The summed E-state index contributed by atoms with van der Waals surface area (Å²) in [6.07, 6.45) is 50.1. The van der Waals surface area contributed by atoms with Crippen LogP contribution < -0.4 is 0 Å². The first kappa shape index (κ1) is 62.0. The summed E-state index contributed by atoms with van der Waals surface area (Å²) in [5.74, 6) is -0.775. The van der Waals surface area contributed by atoms with E-state index in [1.54, 1.807) is 0 Å². The van der Waals surface area contributed by atoms with Gasteiger partial charge in [0.25, 0.3) is 0 Å². The predicted octanol–water partition coefficient (Wildman–Crippen LogP) is 16.3. The first-order valence-corrected chi connectivity index (χ1v) is 28.8. The summed E-state index contributed by atoms with van der Waals surface area (Å²) in [4.78, 5) is 35.6. The number of esters is 2. The molecule has 0 saturated carbocycles. The number of likely N-dealkylation sites (N-methyl/N-ethyl adjacent to an activating group) is 1. The molecular formula is C53H107NO8P+. The third-order valence-corrected chi connectivity index (χ3v) is 13.4. The van der Waals surface area contributed by atoms with Crippen molar-refractivity contribution in [1.82, 2.24) is 0 Å². The van der Waals surface area contributed by atoms with Gasteiger partial charge in [-0.25, -0.2) is 4.57 Å². The topological polar surface area (TPSA) is 108 Å². The van der Waals surface area contributed by atoms with Gasteiger partial charge in [-0.3, -0.25) is 18.6 Å². The Kier molecular flexibility index (Phi) is 45.4. The Morgan fingerprint density at radius 1 is 0.429 bits per heavy atom. The molecule has 0 aliphatic carbocycles. The van der Waals surface area contributed by atoms with Crippen LogP contribution in [0.2, 0.25) is 0 Å².